The molecular weight excluding hydrogens is 214 g/mol. The van der Waals surface area contributed by atoms with Crippen molar-refractivity contribution < 1.29 is 4.42 Å². The molecule has 0 aromatic carbocycles. The number of aromatic nitrogens is 2. The lowest BCUT2D eigenvalue weighted by Gasteiger charge is -2.18. The molecule has 0 saturated heterocycles. The summed E-state index contributed by atoms with van der Waals surface area (Å²) in [6, 6.07) is 1.23. The Bertz CT molecular complexity index is 322. The highest BCUT2D eigenvalue weighted by Gasteiger charge is 2.32. The number of nitrogens with zero attached hydrogens (tertiary/aromatic N) is 3. The zero-order valence-electron chi connectivity index (χ0n) is 9.11. The van der Waals surface area contributed by atoms with Gasteiger partial charge in [-0.2, -0.15) is 0 Å². The van der Waals surface area contributed by atoms with Crippen molar-refractivity contribution in [1.29, 1.82) is 0 Å². The molecule has 1 saturated carbocycles. The molecule has 4 nitrogen and oxygen atoms in total. The van der Waals surface area contributed by atoms with E-state index in [1.54, 1.807) is 0 Å². The second kappa shape index (κ2) is 4.39. The molecule has 5 heteroatoms. The molecule has 1 fully saturated rings. The Balaban J connectivity index is 2.10. The molecule has 84 valence electrons. The average Bonchev–Trinajstić information content (AvgIpc) is 2.91. The molecule has 15 heavy (non-hydrogen) atoms. The third kappa shape index (κ3) is 2.43. The first-order valence-electron chi connectivity index (χ1n) is 5.46. The Kier molecular flexibility index (Phi) is 3.14. The maximum atomic E-state index is 5.88. The summed E-state index contributed by atoms with van der Waals surface area (Å²) in [5, 5.41) is 7.77. The van der Waals surface area contributed by atoms with Gasteiger partial charge in [-0.1, -0.05) is 12.0 Å². The molecule has 1 aromatic rings. The van der Waals surface area contributed by atoms with E-state index in [1.807, 2.05) is 6.92 Å². The van der Waals surface area contributed by atoms with E-state index in [4.69, 9.17) is 16.0 Å². The number of rotatable bonds is 5. The van der Waals surface area contributed by atoms with E-state index in [2.05, 4.69) is 22.0 Å². The average molecular weight is 230 g/mol. The minimum atomic E-state index is -0.214. The quantitative estimate of drug-likeness (QED) is 0.729. The van der Waals surface area contributed by atoms with Crippen molar-refractivity contribution in [3.8, 4) is 0 Å². The van der Waals surface area contributed by atoms with Crippen LogP contribution >= 0.6 is 11.6 Å². The van der Waals surface area contributed by atoms with Crippen LogP contribution in [0.2, 0.25) is 0 Å². The maximum absolute atomic E-state index is 5.88. The Morgan fingerprint density at radius 2 is 2.27 bits per heavy atom. The van der Waals surface area contributed by atoms with E-state index in [0.717, 1.165) is 13.0 Å². The first kappa shape index (κ1) is 10.7. The molecule has 0 N–H and O–H groups in total. The largest absolute Gasteiger partial charge is 0.406 e. The van der Waals surface area contributed by atoms with Gasteiger partial charge in [-0.05, 0) is 26.2 Å². The second-order valence-corrected chi connectivity index (χ2v) is 4.62. The third-order valence-corrected chi connectivity index (χ3v) is 2.65. The summed E-state index contributed by atoms with van der Waals surface area (Å²) in [6.45, 7) is 4.96. The number of hydrogen-bond acceptors (Lipinski definition) is 4. The van der Waals surface area contributed by atoms with Gasteiger partial charge in [-0.25, -0.2) is 0 Å². The van der Waals surface area contributed by atoms with Crippen molar-refractivity contribution in [2.45, 2.75) is 44.5 Å². The van der Waals surface area contributed by atoms with Crippen molar-refractivity contribution in [1.82, 2.24) is 10.2 Å². The zero-order valence-corrected chi connectivity index (χ0v) is 9.87. The van der Waals surface area contributed by atoms with Gasteiger partial charge in [0.1, 0.15) is 5.38 Å². The fourth-order valence-electron chi connectivity index (χ4n) is 1.56. The van der Waals surface area contributed by atoms with E-state index in [-0.39, 0.29) is 5.38 Å². The van der Waals surface area contributed by atoms with Crippen molar-refractivity contribution in [3.05, 3.63) is 5.89 Å². The van der Waals surface area contributed by atoms with Crippen LogP contribution in [0.4, 0.5) is 6.01 Å². The van der Waals surface area contributed by atoms with Gasteiger partial charge in [0.2, 0.25) is 5.89 Å². The maximum Gasteiger partial charge on any atom is 0.318 e. The molecule has 1 aromatic heterocycles. The van der Waals surface area contributed by atoms with Gasteiger partial charge in [0, 0.05) is 12.6 Å². The standard InChI is InChI=1S/C10H16ClN3O/c1-3-6-14(8-4-5-8)10-13-12-9(15-10)7(2)11/h7-8H,3-6H2,1-2H3. The number of anilines is 1. The molecule has 0 amide bonds. The summed E-state index contributed by atoms with van der Waals surface area (Å²) >= 11 is 5.88. The summed E-state index contributed by atoms with van der Waals surface area (Å²) in [5.74, 6) is 0.508. The topological polar surface area (TPSA) is 42.2 Å². The van der Waals surface area contributed by atoms with Crippen molar-refractivity contribution in [3.63, 3.8) is 0 Å². The lowest BCUT2D eigenvalue weighted by Crippen LogP contribution is -2.26. The van der Waals surface area contributed by atoms with Gasteiger partial charge in [-0.15, -0.1) is 16.7 Å². The SMILES string of the molecule is CCCN(c1nnc(C(C)Cl)o1)C1CC1. The van der Waals surface area contributed by atoms with Crippen LogP contribution in [0, 0.1) is 0 Å². The van der Waals surface area contributed by atoms with Gasteiger partial charge in [0.15, 0.2) is 0 Å². The summed E-state index contributed by atoms with van der Waals surface area (Å²) in [4.78, 5) is 2.19. The Hall–Kier alpha value is -0.770. The molecule has 0 spiro atoms. The summed E-state index contributed by atoms with van der Waals surface area (Å²) < 4.78 is 5.53. The van der Waals surface area contributed by atoms with E-state index in [9.17, 15) is 0 Å². The summed E-state index contributed by atoms with van der Waals surface area (Å²) in [5.41, 5.74) is 0. The fourth-order valence-corrected chi connectivity index (χ4v) is 1.65. The minimum absolute atomic E-state index is 0.214. The number of hydrogen-bond donors (Lipinski definition) is 0. The van der Waals surface area contributed by atoms with E-state index >= 15 is 0 Å². The molecule has 2 rings (SSSR count). The van der Waals surface area contributed by atoms with E-state index in [1.165, 1.54) is 12.8 Å². The van der Waals surface area contributed by atoms with Crippen LogP contribution in [0.5, 0.6) is 0 Å². The van der Waals surface area contributed by atoms with Crippen LogP contribution in [0.1, 0.15) is 44.4 Å². The highest BCUT2D eigenvalue weighted by Crippen LogP contribution is 2.32. The van der Waals surface area contributed by atoms with Gasteiger partial charge >= 0.3 is 6.01 Å². The normalized spacial score (nSPS) is 17.8. The lowest BCUT2D eigenvalue weighted by molar-refractivity contribution is 0.480. The monoisotopic (exact) mass is 229 g/mol. The van der Waals surface area contributed by atoms with E-state index in [0.29, 0.717) is 17.9 Å². The predicted octanol–water partition coefficient (Wildman–Crippen LogP) is 2.75. The molecule has 1 aliphatic carbocycles. The van der Waals surface area contributed by atoms with Crippen LogP contribution in [0.15, 0.2) is 4.42 Å². The van der Waals surface area contributed by atoms with Crippen molar-refractivity contribution >= 4 is 17.6 Å². The van der Waals surface area contributed by atoms with Crippen LogP contribution in [-0.4, -0.2) is 22.8 Å². The predicted molar refractivity (Wildman–Crippen MR) is 59.2 cm³/mol. The van der Waals surface area contributed by atoms with E-state index < -0.39 is 0 Å². The van der Waals surface area contributed by atoms with Crippen LogP contribution in [0.25, 0.3) is 0 Å². The van der Waals surface area contributed by atoms with Crippen LogP contribution in [0.3, 0.4) is 0 Å². The molecular formula is C10H16ClN3O. The third-order valence-electron chi connectivity index (χ3n) is 2.47. The first-order valence-corrected chi connectivity index (χ1v) is 5.90. The fraction of sp³-hybridized carbons (Fsp3) is 0.800. The summed E-state index contributed by atoms with van der Waals surface area (Å²) in [7, 11) is 0. The minimum Gasteiger partial charge on any atom is -0.406 e. The molecule has 0 aliphatic heterocycles. The second-order valence-electron chi connectivity index (χ2n) is 3.96. The lowest BCUT2D eigenvalue weighted by atomic mass is 10.4. The first-order chi connectivity index (χ1) is 7.22. The number of alkyl halides is 1. The smallest absolute Gasteiger partial charge is 0.318 e. The Morgan fingerprint density at radius 3 is 2.73 bits per heavy atom. The van der Waals surface area contributed by atoms with Gasteiger partial charge in [-0.3, -0.25) is 0 Å². The Morgan fingerprint density at radius 1 is 1.53 bits per heavy atom. The molecule has 0 bridgehead atoms. The number of halogens is 1. The van der Waals surface area contributed by atoms with Crippen LogP contribution < -0.4 is 4.90 Å². The molecule has 1 atom stereocenters. The highest BCUT2D eigenvalue weighted by atomic mass is 35.5. The van der Waals surface area contributed by atoms with Crippen molar-refractivity contribution in [2.24, 2.45) is 0 Å². The Labute approximate surface area is 94.6 Å². The van der Waals surface area contributed by atoms with Crippen LogP contribution in [-0.2, 0) is 0 Å². The summed E-state index contributed by atoms with van der Waals surface area (Å²) in [6.07, 6.45) is 3.55. The molecule has 1 heterocycles. The highest BCUT2D eigenvalue weighted by molar-refractivity contribution is 6.20. The van der Waals surface area contributed by atoms with Gasteiger partial charge in [0.25, 0.3) is 0 Å². The van der Waals surface area contributed by atoms with Gasteiger partial charge < -0.3 is 9.32 Å². The molecule has 1 aliphatic rings. The molecule has 0 radical (unpaired) electrons. The zero-order chi connectivity index (χ0) is 10.8. The van der Waals surface area contributed by atoms with Gasteiger partial charge in [0.05, 0.1) is 0 Å². The molecule has 1 unspecified atom stereocenters. The van der Waals surface area contributed by atoms with Crippen molar-refractivity contribution in [2.75, 3.05) is 11.4 Å².